The molecule has 72 valence electrons. The summed E-state index contributed by atoms with van der Waals surface area (Å²) >= 11 is 5.37. The summed E-state index contributed by atoms with van der Waals surface area (Å²) in [4.78, 5) is 0. The predicted octanol–water partition coefficient (Wildman–Crippen LogP) is 2.89. The highest BCUT2D eigenvalue weighted by atomic mass is 35.5. The lowest BCUT2D eigenvalue weighted by atomic mass is 10.4. The van der Waals surface area contributed by atoms with Crippen LogP contribution in [0.2, 0.25) is 0 Å². The van der Waals surface area contributed by atoms with Gasteiger partial charge in [-0.15, -0.1) is 0 Å². The molecule has 0 aliphatic heterocycles. The molecular formula is C6H12ClO4P. The van der Waals surface area contributed by atoms with Crippen LogP contribution >= 0.6 is 19.4 Å². The number of rotatable bonds is 5. The van der Waals surface area contributed by atoms with E-state index in [0.717, 1.165) is 0 Å². The fourth-order valence-corrected chi connectivity index (χ4v) is 1.48. The molecule has 0 aliphatic rings. The van der Waals surface area contributed by atoms with Gasteiger partial charge in [0.1, 0.15) is 5.76 Å². The number of hydrogen-bond donors (Lipinski definition) is 0. The Labute approximate surface area is 77.1 Å². The molecular weight excluding hydrogens is 202 g/mol. The third kappa shape index (κ3) is 3.59. The molecule has 0 aromatic rings. The van der Waals surface area contributed by atoms with Gasteiger partial charge in [0.15, 0.2) is 0 Å². The number of halogens is 1. The maximum Gasteiger partial charge on any atom is 0.529 e. The number of phosphoric ester groups is 1. The summed E-state index contributed by atoms with van der Waals surface area (Å²) in [6, 6.07) is 0. The van der Waals surface area contributed by atoms with E-state index in [1.165, 1.54) is 19.8 Å². The van der Waals surface area contributed by atoms with E-state index in [4.69, 9.17) is 16.1 Å². The van der Waals surface area contributed by atoms with E-state index in [1.807, 2.05) is 6.92 Å². The maximum absolute atomic E-state index is 11.3. The van der Waals surface area contributed by atoms with Crippen LogP contribution in [-0.2, 0) is 18.1 Å². The first kappa shape index (κ1) is 12.0. The second-order valence-electron chi connectivity index (χ2n) is 1.83. The number of phosphoric acid groups is 1. The molecule has 0 atom stereocenters. The number of allylic oxidation sites excluding steroid dienone is 1. The van der Waals surface area contributed by atoms with E-state index >= 15 is 0 Å². The van der Waals surface area contributed by atoms with Crippen LogP contribution < -0.4 is 0 Å². The summed E-state index contributed by atoms with van der Waals surface area (Å²) in [5.41, 5.74) is 1.20. The van der Waals surface area contributed by atoms with Crippen molar-refractivity contribution < 1.29 is 18.1 Å². The molecule has 6 heteroatoms. The molecule has 0 rings (SSSR count). The minimum atomic E-state index is -3.42. The fourth-order valence-electron chi connectivity index (χ4n) is 0.454. The van der Waals surface area contributed by atoms with Gasteiger partial charge >= 0.3 is 7.82 Å². The third-order valence-corrected chi connectivity index (χ3v) is 2.74. The summed E-state index contributed by atoms with van der Waals surface area (Å²) in [5.74, 6) is 0.365. The first-order valence-corrected chi connectivity index (χ1v) is 5.22. The fraction of sp³-hybridized carbons (Fsp3) is 0.667. The van der Waals surface area contributed by atoms with E-state index < -0.39 is 7.82 Å². The van der Waals surface area contributed by atoms with Crippen molar-refractivity contribution in [1.82, 2.24) is 0 Å². The van der Waals surface area contributed by atoms with Gasteiger partial charge in [-0.05, 0) is 0 Å². The molecule has 0 radical (unpaired) electrons. The molecule has 0 aromatic heterocycles. The van der Waals surface area contributed by atoms with Crippen molar-refractivity contribution in [3.8, 4) is 0 Å². The van der Waals surface area contributed by atoms with E-state index in [-0.39, 0.29) is 0 Å². The molecule has 0 fully saturated rings. The van der Waals surface area contributed by atoms with E-state index in [0.29, 0.717) is 12.2 Å². The zero-order valence-corrected chi connectivity index (χ0v) is 8.89. The topological polar surface area (TPSA) is 44.8 Å². The average Bonchev–Trinajstić information content (AvgIpc) is 2.14. The molecule has 12 heavy (non-hydrogen) atoms. The van der Waals surface area contributed by atoms with Gasteiger partial charge in [-0.3, -0.25) is 9.05 Å². The van der Waals surface area contributed by atoms with Crippen LogP contribution in [0.15, 0.2) is 11.3 Å². The smallest absolute Gasteiger partial charge is 0.408 e. The Morgan fingerprint density at radius 1 is 1.50 bits per heavy atom. The molecule has 0 bridgehead atoms. The lowest BCUT2D eigenvalue weighted by Crippen LogP contribution is -1.94. The third-order valence-electron chi connectivity index (χ3n) is 1.15. The van der Waals surface area contributed by atoms with Crippen molar-refractivity contribution >= 4 is 19.4 Å². The van der Waals surface area contributed by atoms with Crippen LogP contribution in [0.4, 0.5) is 0 Å². The molecule has 0 spiro atoms. The monoisotopic (exact) mass is 214 g/mol. The first-order valence-electron chi connectivity index (χ1n) is 3.32. The van der Waals surface area contributed by atoms with Gasteiger partial charge in [0.25, 0.3) is 0 Å². The Hall–Kier alpha value is -0.0200. The van der Waals surface area contributed by atoms with Crippen molar-refractivity contribution in [3.05, 3.63) is 11.3 Å². The number of hydrogen-bond acceptors (Lipinski definition) is 4. The predicted molar refractivity (Wildman–Crippen MR) is 46.9 cm³/mol. The average molecular weight is 215 g/mol. The molecule has 0 heterocycles. The molecule has 0 saturated carbocycles. The van der Waals surface area contributed by atoms with Crippen LogP contribution in [0.25, 0.3) is 0 Å². The summed E-state index contributed by atoms with van der Waals surface area (Å²) in [7, 11) is -0.939. The first-order chi connectivity index (χ1) is 5.61. The standard InChI is InChI=1S/C6H12ClO4P/c1-4-6(5-7)11-12(8,9-2)10-3/h5H,4H2,1-3H3. The molecule has 0 saturated heterocycles. The molecule has 4 nitrogen and oxygen atoms in total. The molecule has 0 aliphatic carbocycles. The minimum Gasteiger partial charge on any atom is -0.408 e. The molecule has 0 unspecified atom stereocenters. The molecule has 0 N–H and O–H groups in total. The Morgan fingerprint density at radius 2 is 2.00 bits per heavy atom. The van der Waals surface area contributed by atoms with Crippen molar-refractivity contribution in [1.29, 1.82) is 0 Å². The minimum absolute atomic E-state index is 0.365. The lowest BCUT2D eigenvalue weighted by Gasteiger charge is -2.14. The van der Waals surface area contributed by atoms with Crippen molar-refractivity contribution in [2.45, 2.75) is 13.3 Å². The molecule has 0 amide bonds. The zero-order chi connectivity index (χ0) is 9.61. The Kier molecular flexibility index (Phi) is 5.59. The van der Waals surface area contributed by atoms with Crippen LogP contribution in [0, 0.1) is 0 Å². The van der Waals surface area contributed by atoms with E-state index in [9.17, 15) is 4.57 Å². The normalized spacial score (nSPS) is 13.2. The van der Waals surface area contributed by atoms with Gasteiger partial charge in [0, 0.05) is 26.2 Å². The largest absolute Gasteiger partial charge is 0.529 e. The van der Waals surface area contributed by atoms with Crippen molar-refractivity contribution in [3.63, 3.8) is 0 Å². The second kappa shape index (κ2) is 5.60. The van der Waals surface area contributed by atoms with Crippen molar-refractivity contribution in [2.24, 2.45) is 0 Å². The van der Waals surface area contributed by atoms with Gasteiger partial charge < -0.3 is 4.52 Å². The Bertz CT molecular complexity index is 196. The van der Waals surface area contributed by atoms with Gasteiger partial charge in [-0.25, -0.2) is 4.57 Å². The van der Waals surface area contributed by atoms with E-state index in [2.05, 4.69) is 9.05 Å². The Morgan fingerprint density at radius 3 is 2.25 bits per heavy atom. The van der Waals surface area contributed by atoms with E-state index in [1.54, 1.807) is 0 Å². The Balaban J connectivity index is 4.30. The summed E-state index contributed by atoms with van der Waals surface area (Å²) < 4.78 is 25.3. The van der Waals surface area contributed by atoms with Gasteiger partial charge in [0.05, 0.1) is 0 Å². The van der Waals surface area contributed by atoms with Crippen LogP contribution in [-0.4, -0.2) is 14.2 Å². The van der Waals surface area contributed by atoms with Crippen LogP contribution in [0.1, 0.15) is 13.3 Å². The van der Waals surface area contributed by atoms with Crippen molar-refractivity contribution in [2.75, 3.05) is 14.2 Å². The maximum atomic E-state index is 11.3. The van der Waals surface area contributed by atoms with Crippen LogP contribution in [0.5, 0.6) is 0 Å². The highest BCUT2D eigenvalue weighted by molar-refractivity contribution is 7.48. The zero-order valence-electron chi connectivity index (χ0n) is 7.24. The second-order valence-corrected chi connectivity index (χ2v) is 3.86. The highest BCUT2D eigenvalue weighted by Gasteiger charge is 2.24. The quantitative estimate of drug-likeness (QED) is 0.521. The molecule has 0 aromatic carbocycles. The SMILES string of the molecule is CCC(=CCl)OP(=O)(OC)OC. The van der Waals surface area contributed by atoms with Gasteiger partial charge in [0.2, 0.25) is 0 Å². The lowest BCUT2D eigenvalue weighted by molar-refractivity contribution is 0.181. The van der Waals surface area contributed by atoms with Gasteiger partial charge in [-0.1, -0.05) is 18.5 Å². The summed E-state index contributed by atoms with van der Waals surface area (Å²) in [5, 5.41) is 0. The summed E-state index contributed by atoms with van der Waals surface area (Å²) in [6.45, 7) is 1.81. The van der Waals surface area contributed by atoms with Crippen LogP contribution in [0.3, 0.4) is 0 Å². The summed E-state index contributed by atoms with van der Waals surface area (Å²) in [6.07, 6.45) is 0.528. The highest BCUT2D eigenvalue weighted by Crippen LogP contribution is 2.50. The van der Waals surface area contributed by atoms with Gasteiger partial charge in [-0.2, -0.15) is 0 Å².